The van der Waals surface area contributed by atoms with Gasteiger partial charge in [0.1, 0.15) is 18.8 Å². The van der Waals surface area contributed by atoms with E-state index < -0.39 is 30.0 Å². The Balaban J connectivity index is 0.000000345. The standard InChI is InChI=1S/C14H15F2N3OS.C3H4O4/c15-9-3-8-4-11(7-20-13(8)12(16)5-9)19-10(1-2-17)6-18-14(19)21;4-2(5)1-3(6)7/h3,5-6,11H,1-2,4,7,17H2,(H,18,21);1H2,(H,4,5)(H,6,7). The van der Waals surface area contributed by atoms with Crippen molar-refractivity contribution in [2.45, 2.75) is 25.3 Å². The Morgan fingerprint density at radius 3 is 2.57 bits per heavy atom. The summed E-state index contributed by atoms with van der Waals surface area (Å²) in [5.41, 5.74) is 7.08. The summed E-state index contributed by atoms with van der Waals surface area (Å²) in [7, 11) is 0. The average molecular weight is 415 g/mol. The molecule has 1 atom stereocenters. The first-order valence-corrected chi connectivity index (χ1v) is 8.67. The number of nitrogens with one attached hydrogen (secondary N) is 1. The number of carboxylic acids is 2. The van der Waals surface area contributed by atoms with Gasteiger partial charge in [-0.1, -0.05) is 0 Å². The lowest BCUT2D eigenvalue weighted by Gasteiger charge is -2.27. The fraction of sp³-hybridized carbons (Fsp3) is 0.353. The van der Waals surface area contributed by atoms with Crippen LogP contribution in [0.5, 0.6) is 5.75 Å². The van der Waals surface area contributed by atoms with Gasteiger partial charge in [-0.25, -0.2) is 8.78 Å². The SMILES string of the molecule is NCCc1c[nH]c(=S)n1C1COc2c(F)cc(F)cc2C1.O=C(O)CC(=O)O. The van der Waals surface area contributed by atoms with Crippen molar-refractivity contribution in [2.75, 3.05) is 13.2 Å². The number of nitrogens with zero attached hydrogens (tertiary/aromatic N) is 1. The molecule has 2 heterocycles. The van der Waals surface area contributed by atoms with Gasteiger partial charge >= 0.3 is 11.9 Å². The highest BCUT2D eigenvalue weighted by Crippen LogP contribution is 2.33. The number of ether oxygens (including phenoxy) is 1. The molecule has 0 radical (unpaired) electrons. The number of halogens is 2. The molecule has 0 saturated carbocycles. The lowest BCUT2D eigenvalue weighted by Crippen LogP contribution is -2.27. The molecule has 152 valence electrons. The number of nitrogens with two attached hydrogens (primary N) is 1. The highest BCUT2D eigenvalue weighted by Gasteiger charge is 2.26. The Bertz CT molecular complexity index is 916. The zero-order valence-electron chi connectivity index (χ0n) is 14.7. The van der Waals surface area contributed by atoms with Gasteiger partial charge in [0.25, 0.3) is 0 Å². The zero-order chi connectivity index (χ0) is 20.8. The van der Waals surface area contributed by atoms with Crippen LogP contribution in [-0.2, 0) is 22.4 Å². The van der Waals surface area contributed by atoms with Gasteiger partial charge in [0.2, 0.25) is 0 Å². The van der Waals surface area contributed by atoms with E-state index >= 15 is 0 Å². The quantitative estimate of drug-likeness (QED) is 0.434. The molecule has 0 spiro atoms. The summed E-state index contributed by atoms with van der Waals surface area (Å²) >= 11 is 5.28. The van der Waals surface area contributed by atoms with E-state index in [2.05, 4.69) is 4.98 Å². The second-order valence-corrected chi connectivity index (χ2v) is 6.39. The number of benzene rings is 1. The van der Waals surface area contributed by atoms with Gasteiger partial charge in [0.15, 0.2) is 16.3 Å². The number of imidazole rings is 1. The fourth-order valence-corrected chi connectivity index (χ4v) is 3.20. The van der Waals surface area contributed by atoms with Crippen LogP contribution < -0.4 is 10.5 Å². The molecule has 11 heteroatoms. The maximum Gasteiger partial charge on any atom is 0.314 e. The fourth-order valence-electron chi connectivity index (χ4n) is 2.87. The van der Waals surface area contributed by atoms with Crippen molar-refractivity contribution in [2.24, 2.45) is 5.73 Å². The van der Waals surface area contributed by atoms with Crippen molar-refractivity contribution in [1.82, 2.24) is 9.55 Å². The highest BCUT2D eigenvalue weighted by molar-refractivity contribution is 7.71. The lowest BCUT2D eigenvalue weighted by molar-refractivity contribution is -0.147. The van der Waals surface area contributed by atoms with Gasteiger partial charge in [-0.3, -0.25) is 9.59 Å². The zero-order valence-corrected chi connectivity index (χ0v) is 15.5. The molecular weight excluding hydrogens is 396 g/mol. The molecule has 28 heavy (non-hydrogen) atoms. The third-order valence-electron chi connectivity index (χ3n) is 3.92. The van der Waals surface area contributed by atoms with Crippen molar-refractivity contribution in [1.29, 1.82) is 0 Å². The predicted octanol–water partition coefficient (Wildman–Crippen LogP) is 2.05. The molecule has 0 saturated heterocycles. The molecule has 1 unspecified atom stereocenters. The van der Waals surface area contributed by atoms with Crippen LogP contribution in [-0.4, -0.2) is 44.9 Å². The Morgan fingerprint density at radius 2 is 2.00 bits per heavy atom. The maximum absolute atomic E-state index is 13.7. The van der Waals surface area contributed by atoms with Crippen molar-refractivity contribution >= 4 is 24.2 Å². The minimum atomic E-state index is -1.31. The topological polar surface area (TPSA) is 131 Å². The maximum atomic E-state index is 13.7. The number of hydrogen-bond acceptors (Lipinski definition) is 5. The van der Waals surface area contributed by atoms with E-state index in [1.54, 1.807) is 0 Å². The van der Waals surface area contributed by atoms with Crippen LogP contribution in [0.25, 0.3) is 0 Å². The van der Waals surface area contributed by atoms with Crippen molar-refractivity contribution in [3.05, 3.63) is 46.0 Å². The molecule has 2 aromatic rings. The first-order valence-electron chi connectivity index (χ1n) is 8.26. The van der Waals surface area contributed by atoms with Gasteiger partial charge in [-0.05, 0) is 24.8 Å². The molecule has 8 nitrogen and oxygen atoms in total. The van der Waals surface area contributed by atoms with Crippen molar-refractivity contribution in [3.8, 4) is 5.75 Å². The Labute approximate surface area is 163 Å². The van der Waals surface area contributed by atoms with Crippen LogP contribution in [0.3, 0.4) is 0 Å². The van der Waals surface area contributed by atoms with Crippen LogP contribution in [0.1, 0.15) is 23.7 Å². The number of carboxylic acid groups (broad SMARTS) is 2. The lowest BCUT2D eigenvalue weighted by atomic mass is 10.0. The largest absolute Gasteiger partial charge is 0.488 e. The third kappa shape index (κ3) is 5.36. The molecule has 1 aromatic heterocycles. The Morgan fingerprint density at radius 1 is 1.32 bits per heavy atom. The van der Waals surface area contributed by atoms with E-state index in [4.69, 9.17) is 32.9 Å². The summed E-state index contributed by atoms with van der Waals surface area (Å²) in [5, 5.41) is 15.4. The number of aliphatic carboxylic acids is 2. The van der Waals surface area contributed by atoms with Crippen molar-refractivity contribution in [3.63, 3.8) is 0 Å². The number of hydrogen-bond donors (Lipinski definition) is 4. The summed E-state index contributed by atoms with van der Waals surface area (Å²) < 4.78 is 35.0. The van der Waals surface area contributed by atoms with Gasteiger partial charge < -0.3 is 30.2 Å². The normalized spacial score (nSPS) is 15.0. The third-order valence-corrected chi connectivity index (χ3v) is 4.23. The van der Waals surface area contributed by atoms with E-state index in [0.717, 1.165) is 11.8 Å². The summed E-state index contributed by atoms with van der Waals surface area (Å²) in [6.07, 6.45) is 2.15. The minimum Gasteiger partial charge on any atom is -0.488 e. The van der Waals surface area contributed by atoms with Crippen LogP contribution >= 0.6 is 12.2 Å². The molecule has 0 amide bonds. The Kier molecular flexibility index (Phi) is 7.24. The van der Waals surface area contributed by atoms with Gasteiger partial charge in [0.05, 0.1) is 6.04 Å². The molecule has 3 rings (SSSR count). The number of carbonyl (C=O) groups is 2. The predicted molar refractivity (Wildman–Crippen MR) is 96.9 cm³/mol. The van der Waals surface area contributed by atoms with Crippen LogP contribution in [0.4, 0.5) is 8.78 Å². The molecule has 0 aliphatic carbocycles. The van der Waals surface area contributed by atoms with E-state index in [1.165, 1.54) is 6.07 Å². The Hall–Kier alpha value is -2.79. The average Bonchev–Trinajstić information content (AvgIpc) is 2.94. The number of aromatic amines is 1. The smallest absolute Gasteiger partial charge is 0.314 e. The van der Waals surface area contributed by atoms with Crippen molar-refractivity contribution < 1.29 is 33.3 Å². The monoisotopic (exact) mass is 415 g/mol. The van der Waals surface area contributed by atoms with Gasteiger partial charge in [-0.2, -0.15) is 0 Å². The van der Waals surface area contributed by atoms with E-state index in [1.807, 2.05) is 10.8 Å². The van der Waals surface area contributed by atoms with Crippen LogP contribution in [0.2, 0.25) is 0 Å². The summed E-state index contributed by atoms with van der Waals surface area (Å²) in [6, 6.07) is 2.05. The summed E-state index contributed by atoms with van der Waals surface area (Å²) in [5.74, 6) is -3.76. The van der Waals surface area contributed by atoms with E-state index in [0.29, 0.717) is 36.3 Å². The number of rotatable bonds is 5. The molecule has 1 aromatic carbocycles. The molecule has 1 aliphatic heterocycles. The summed E-state index contributed by atoms with van der Waals surface area (Å²) in [4.78, 5) is 21.8. The molecule has 0 bridgehead atoms. The van der Waals surface area contributed by atoms with Crippen LogP contribution in [0.15, 0.2) is 18.3 Å². The van der Waals surface area contributed by atoms with E-state index in [-0.39, 0.29) is 11.8 Å². The number of aromatic nitrogens is 2. The molecule has 0 fully saturated rings. The highest BCUT2D eigenvalue weighted by atomic mass is 32.1. The molecule has 5 N–H and O–H groups in total. The molecular formula is C17H19F2N3O5S. The van der Waals surface area contributed by atoms with Crippen LogP contribution in [0, 0.1) is 16.4 Å². The van der Waals surface area contributed by atoms with Gasteiger partial charge in [0, 0.05) is 36.4 Å². The first kappa shape index (κ1) is 21.5. The second-order valence-electron chi connectivity index (χ2n) is 6.00. The van der Waals surface area contributed by atoms with E-state index in [9.17, 15) is 18.4 Å². The number of fused-ring (bicyclic) bond motifs is 1. The second kappa shape index (κ2) is 9.42. The van der Waals surface area contributed by atoms with Gasteiger partial charge in [-0.15, -0.1) is 0 Å². The minimum absolute atomic E-state index is 0.0981. The first-order chi connectivity index (χ1) is 13.2. The summed E-state index contributed by atoms with van der Waals surface area (Å²) in [6.45, 7) is 0.791. The number of H-pyrrole nitrogens is 1. The molecule has 1 aliphatic rings.